The monoisotopic (exact) mass is 728 g/mol. The van der Waals surface area contributed by atoms with Gasteiger partial charge in [-0.05, 0) is 132 Å². The first-order chi connectivity index (χ1) is 27.9. The predicted octanol–water partition coefficient (Wildman–Crippen LogP) is 14.7. The molecule has 3 aliphatic carbocycles. The van der Waals surface area contributed by atoms with Gasteiger partial charge >= 0.3 is 0 Å². The number of benzene rings is 7. The molecule has 0 saturated heterocycles. The van der Waals surface area contributed by atoms with Crippen molar-refractivity contribution in [1.82, 2.24) is 0 Å². The van der Waals surface area contributed by atoms with Gasteiger partial charge in [0.1, 0.15) is 0 Å². The van der Waals surface area contributed by atoms with E-state index in [0.717, 1.165) is 17.1 Å². The summed E-state index contributed by atoms with van der Waals surface area (Å²) in [6.07, 6.45) is 0. The molecule has 56 heavy (non-hydrogen) atoms. The first kappa shape index (κ1) is 31.5. The average molecular weight is 729 g/mol. The van der Waals surface area contributed by atoms with Crippen molar-refractivity contribution in [2.24, 2.45) is 0 Å². The van der Waals surface area contributed by atoms with E-state index in [0.29, 0.717) is 5.56 Å². The Labute approximate surface area is 337 Å². The zero-order chi connectivity index (χ0) is 41.4. The molecular formula is C55H51N. The molecule has 276 valence electrons. The summed E-state index contributed by atoms with van der Waals surface area (Å²) in [4.78, 5) is 2.33. The number of rotatable bonds is 3. The molecule has 0 atom stereocenters. The van der Waals surface area contributed by atoms with E-state index < -0.39 is 12.3 Å². The summed E-state index contributed by atoms with van der Waals surface area (Å²) in [6, 6.07) is 53.5. The second kappa shape index (κ2) is 11.7. The molecule has 3 aliphatic rings. The minimum absolute atomic E-state index is 0.0386. The molecule has 0 radical (unpaired) electrons. The molecular weight excluding hydrogens is 675 g/mol. The normalized spacial score (nSPS) is 16.2. The highest BCUT2D eigenvalue weighted by molar-refractivity contribution is 5.97. The minimum atomic E-state index is -2.19. The molecule has 1 heteroatoms. The molecule has 0 heterocycles. The van der Waals surface area contributed by atoms with Crippen LogP contribution in [-0.4, -0.2) is 0 Å². The Morgan fingerprint density at radius 1 is 0.411 bits per heavy atom. The fourth-order valence-electron chi connectivity index (χ4n) is 10.1. The van der Waals surface area contributed by atoms with Crippen molar-refractivity contribution >= 4 is 17.1 Å². The standard InChI is InChI=1S/C55H51N/c1-34-18-22-37(23-19-34)56(38-24-28-42-40-14-10-12-16-46(40)54(8,9)48(42)32-38)39-25-29-45-41-15-11-13-17-47(41)55(51(45)33-39)49-30-35(52(2,3)4)20-26-43(49)44-27-21-36(31-50(44)55)53(5,6)7/h10-33H,1-9H3/i1D3. The molecule has 0 aliphatic heterocycles. The quantitative estimate of drug-likeness (QED) is 0.175. The molecule has 7 aromatic carbocycles. The van der Waals surface area contributed by atoms with Crippen molar-refractivity contribution in [2.75, 3.05) is 4.90 Å². The third-order valence-electron chi connectivity index (χ3n) is 13.1. The maximum atomic E-state index is 8.16. The number of hydrogen-bond donors (Lipinski definition) is 0. The summed E-state index contributed by atoms with van der Waals surface area (Å²) >= 11 is 0. The predicted molar refractivity (Wildman–Crippen MR) is 237 cm³/mol. The van der Waals surface area contributed by atoms with Gasteiger partial charge in [-0.3, -0.25) is 0 Å². The first-order valence-corrected chi connectivity index (χ1v) is 20.1. The van der Waals surface area contributed by atoms with E-state index in [-0.39, 0.29) is 16.2 Å². The van der Waals surface area contributed by atoms with Crippen LogP contribution in [0.25, 0.3) is 33.4 Å². The third-order valence-corrected chi connectivity index (χ3v) is 13.1. The van der Waals surface area contributed by atoms with Crippen molar-refractivity contribution < 1.29 is 4.11 Å². The second-order valence-electron chi connectivity index (χ2n) is 18.8. The summed E-state index contributed by atoms with van der Waals surface area (Å²) in [5.41, 5.74) is 20.6. The summed E-state index contributed by atoms with van der Waals surface area (Å²) in [6.45, 7) is 16.3. The topological polar surface area (TPSA) is 3.24 Å². The highest BCUT2D eigenvalue weighted by Crippen LogP contribution is 2.64. The Bertz CT molecular complexity index is 2800. The molecule has 0 fully saturated rings. The van der Waals surface area contributed by atoms with Gasteiger partial charge in [0.2, 0.25) is 0 Å². The lowest BCUT2D eigenvalue weighted by Crippen LogP contribution is -2.27. The third kappa shape index (κ3) is 4.79. The molecule has 0 bridgehead atoms. The van der Waals surface area contributed by atoms with Crippen LogP contribution in [0.5, 0.6) is 0 Å². The number of fused-ring (bicyclic) bond motifs is 13. The maximum Gasteiger partial charge on any atom is 0.0726 e. The van der Waals surface area contributed by atoms with Gasteiger partial charge in [-0.25, -0.2) is 0 Å². The van der Waals surface area contributed by atoms with Crippen LogP contribution in [0.3, 0.4) is 0 Å². The smallest absolute Gasteiger partial charge is 0.0726 e. The van der Waals surface area contributed by atoms with Crippen LogP contribution in [0.1, 0.15) is 110 Å². The highest BCUT2D eigenvalue weighted by atomic mass is 15.1. The van der Waals surface area contributed by atoms with Gasteiger partial charge in [-0.1, -0.05) is 170 Å². The number of nitrogens with zero attached hydrogens (tertiary/aromatic N) is 1. The highest BCUT2D eigenvalue weighted by Gasteiger charge is 2.52. The molecule has 10 rings (SSSR count). The van der Waals surface area contributed by atoms with Crippen molar-refractivity contribution in [3.63, 3.8) is 0 Å². The fraction of sp³-hybridized carbons (Fsp3) is 0.236. The van der Waals surface area contributed by atoms with E-state index >= 15 is 0 Å². The zero-order valence-electron chi connectivity index (χ0n) is 36.8. The van der Waals surface area contributed by atoms with Crippen molar-refractivity contribution in [1.29, 1.82) is 0 Å². The second-order valence-corrected chi connectivity index (χ2v) is 18.8. The lowest BCUT2D eigenvalue weighted by atomic mass is 9.68. The first-order valence-electron chi connectivity index (χ1n) is 21.6. The van der Waals surface area contributed by atoms with E-state index in [1.165, 1.54) is 77.9 Å². The molecule has 1 spiro atoms. The van der Waals surface area contributed by atoms with E-state index in [1.807, 2.05) is 12.1 Å². The molecule has 7 aromatic rings. The van der Waals surface area contributed by atoms with Crippen molar-refractivity contribution in [2.45, 2.75) is 83.9 Å². The zero-order valence-corrected chi connectivity index (χ0v) is 33.8. The van der Waals surface area contributed by atoms with Crippen LogP contribution in [-0.2, 0) is 21.7 Å². The fourth-order valence-corrected chi connectivity index (χ4v) is 10.1. The number of hydrogen-bond acceptors (Lipinski definition) is 1. The van der Waals surface area contributed by atoms with Gasteiger partial charge < -0.3 is 4.90 Å². The SMILES string of the molecule is [2H]C([2H])([2H])c1ccc(N(c2ccc3c(c2)C(C)(C)c2ccccc2-3)c2ccc3c(c2)C2(c4ccccc4-3)c3cc(C(C)(C)C)ccc3-c3ccc(C(C)(C)C)cc32)cc1. The van der Waals surface area contributed by atoms with Crippen LogP contribution in [0.2, 0.25) is 0 Å². The molecule has 0 amide bonds. The number of anilines is 3. The Hall–Kier alpha value is -5.66. The van der Waals surface area contributed by atoms with Crippen LogP contribution in [0.4, 0.5) is 17.1 Å². The van der Waals surface area contributed by atoms with Crippen molar-refractivity contribution in [3.05, 3.63) is 196 Å². The van der Waals surface area contributed by atoms with Crippen LogP contribution >= 0.6 is 0 Å². The van der Waals surface area contributed by atoms with Gasteiger partial charge in [-0.15, -0.1) is 0 Å². The van der Waals surface area contributed by atoms with Crippen LogP contribution in [0.15, 0.2) is 146 Å². The summed E-state index contributed by atoms with van der Waals surface area (Å²) in [7, 11) is 0. The lowest BCUT2D eigenvalue weighted by Gasteiger charge is -2.34. The Morgan fingerprint density at radius 3 is 1.36 bits per heavy atom. The molecule has 0 aromatic heterocycles. The largest absolute Gasteiger partial charge is 0.310 e. The maximum absolute atomic E-state index is 8.16. The van der Waals surface area contributed by atoms with E-state index in [2.05, 4.69) is 182 Å². The molecule has 0 unspecified atom stereocenters. The Morgan fingerprint density at radius 2 is 0.821 bits per heavy atom. The van der Waals surface area contributed by atoms with Gasteiger partial charge in [0.15, 0.2) is 0 Å². The Kier molecular flexibility index (Phi) is 6.58. The molecule has 0 saturated carbocycles. The van der Waals surface area contributed by atoms with Crippen molar-refractivity contribution in [3.8, 4) is 33.4 Å². The summed E-state index contributed by atoms with van der Waals surface area (Å²) < 4.78 is 24.5. The lowest BCUT2D eigenvalue weighted by molar-refractivity contribution is 0.586. The van der Waals surface area contributed by atoms with Gasteiger partial charge in [0, 0.05) is 26.6 Å². The number of aryl methyl sites for hydroxylation is 1. The summed E-state index contributed by atoms with van der Waals surface area (Å²) in [5, 5.41) is 0. The van der Waals surface area contributed by atoms with E-state index in [4.69, 9.17) is 4.11 Å². The van der Waals surface area contributed by atoms with Gasteiger partial charge in [-0.2, -0.15) is 0 Å². The van der Waals surface area contributed by atoms with Gasteiger partial charge in [0.25, 0.3) is 0 Å². The van der Waals surface area contributed by atoms with Gasteiger partial charge in [0.05, 0.1) is 5.41 Å². The van der Waals surface area contributed by atoms with Crippen LogP contribution < -0.4 is 4.90 Å². The van der Waals surface area contributed by atoms with Crippen LogP contribution in [0, 0.1) is 6.85 Å². The minimum Gasteiger partial charge on any atom is -0.310 e. The average Bonchev–Trinajstić information content (AvgIpc) is 3.75. The summed E-state index contributed by atoms with van der Waals surface area (Å²) in [5.74, 6) is 0. The molecule has 1 nitrogen and oxygen atoms in total. The van der Waals surface area contributed by atoms with E-state index in [9.17, 15) is 0 Å². The van der Waals surface area contributed by atoms with E-state index in [1.54, 1.807) is 12.1 Å². The Balaban J connectivity index is 1.26. The molecule has 0 N–H and O–H groups in total.